The van der Waals surface area contributed by atoms with Gasteiger partial charge >= 0.3 is 5.97 Å². The van der Waals surface area contributed by atoms with Gasteiger partial charge in [0, 0.05) is 12.6 Å². The van der Waals surface area contributed by atoms with Gasteiger partial charge in [0.1, 0.15) is 10.6 Å². The highest BCUT2D eigenvalue weighted by Crippen LogP contribution is 2.32. The number of piperidine rings is 1. The molecule has 174 valence electrons. The van der Waals surface area contributed by atoms with Crippen molar-refractivity contribution in [1.82, 2.24) is 9.21 Å². The molecule has 2 heterocycles. The van der Waals surface area contributed by atoms with E-state index >= 15 is 0 Å². The minimum absolute atomic E-state index is 0.0318. The lowest BCUT2D eigenvalue weighted by atomic mass is 10.1. The van der Waals surface area contributed by atoms with Crippen molar-refractivity contribution >= 4 is 27.8 Å². The summed E-state index contributed by atoms with van der Waals surface area (Å²) >= 11 is 0. The third kappa shape index (κ3) is 4.11. The summed E-state index contributed by atoms with van der Waals surface area (Å²) in [5.41, 5.74) is 0.453. The first-order valence-corrected chi connectivity index (χ1v) is 12.0. The van der Waals surface area contributed by atoms with Crippen molar-refractivity contribution in [3.8, 4) is 5.75 Å². The van der Waals surface area contributed by atoms with Crippen LogP contribution < -0.4 is 4.74 Å². The maximum Gasteiger partial charge on any atom is 0.339 e. The first-order valence-electron chi connectivity index (χ1n) is 10.6. The predicted molar refractivity (Wildman–Crippen MR) is 117 cm³/mol. The second-order valence-electron chi connectivity index (χ2n) is 7.97. The molecule has 10 heteroatoms. The van der Waals surface area contributed by atoms with E-state index in [-0.39, 0.29) is 33.4 Å². The largest absolute Gasteiger partial charge is 0.495 e. The van der Waals surface area contributed by atoms with E-state index in [0.717, 1.165) is 24.2 Å². The van der Waals surface area contributed by atoms with E-state index < -0.39 is 34.5 Å². The number of benzene rings is 2. The number of hydrogen-bond acceptors (Lipinski definition) is 7. The number of esters is 1. The van der Waals surface area contributed by atoms with Gasteiger partial charge in [-0.05, 0) is 50.1 Å². The van der Waals surface area contributed by atoms with Crippen molar-refractivity contribution in [2.45, 2.75) is 37.1 Å². The molecule has 2 amide bonds. The normalized spacial score (nSPS) is 18.8. The van der Waals surface area contributed by atoms with Gasteiger partial charge in [-0.3, -0.25) is 9.59 Å². The highest BCUT2D eigenvalue weighted by Gasteiger charge is 2.36. The number of fused-ring (bicyclic) bond motifs is 1. The number of methoxy groups -OCH3 is 1. The number of rotatable bonds is 6. The fourth-order valence-corrected chi connectivity index (χ4v) is 6.01. The van der Waals surface area contributed by atoms with E-state index in [4.69, 9.17) is 9.47 Å². The van der Waals surface area contributed by atoms with E-state index in [2.05, 4.69) is 0 Å². The van der Waals surface area contributed by atoms with Crippen molar-refractivity contribution in [2.24, 2.45) is 0 Å². The summed E-state index contributed by atoms with van der Waals surface area (Å²) in [5.74, 6) is -1.86. The highest BCUT2D eigenvalue weighted by molar-refractivity contribution is 7.89. The molecule has 1 fully saturated rings. The topological polar surface area (TPSA) is 110 Å². The molecule has 33 heavy (non-hydrogen) atoms. The maximum absolute atomic E-state index is 13.3. The van der Waals surface area contributed by atoms with Gasteiger partial charge in [0.05, 0.1) is 23.8 Å². The van der Waals surface area contributed by atoms with Crippen molar-refractivity contribution in [3.05, 3.63) is 59.2 Å². The molecule has 0 saturated carbocycles. The van der Waals surface area contributed by atoms with Gasteiger partial charge < -0.3 is 9.47 Å². The number of imide groups is 1. The Morgan fingerprint density at radius 3 is 2.33 bits per heavy atom. The smallest absolute Gasteiger partial charge is 0.339 e. The van der Waals surface area contributed by atoms with Crippen LogP contribution in [0.4, 0.5) is 0 Å². The first kappa shape index (κ1) is 22.9. The van der Waals surface area contributed by atoms with Gasteiger partial charge in [0.15, 0.2) is 6.73 Å². The Balaban J connectivity index is 1.55. The molecular formula is C23H24N2O7S. The predicted octanol–water partition coefficient (Wildman–Crippen LogP) is 2.67. The van der Waals surface area contributed by atoms with Gasteiger partial charge in [0.2, 0.25) is 10.0 Å². The Bertz CT molecular complexity index is 1190. The van der Waals surface area contributed by atoms with Gasteiger partial charge in [0.25, 0.3) is 11.8 Å². The average molecular weight is 473 g/mol. The molecule has 0 bridgehead atoms. The van der Waals surface area contributed by atoms with E-state index in [9.17, 15) is 22.8 Å². The summed E-state index contributed by atoms with van der Waals surface area (Å²) in [6.45, 7) is 1.66. The van der Waals surface area contributed by atoms with Crippen LogP contribution in [0.2, 0.25) is 0 Å². The fourth-order valence-electron chi connectivity index (χ4n) is 4.12. The molecule has 0 spiro atoms. The Labute approximate surface area is 191 Å². The zero-order valence-corrected chi connectivity index (χ0v) is 19.1. The fraction of sp³-hybridized carbons (Fsp3) is 0.348. The van der Waals surface area contributed by atoms with Crippen molar-refractivity contribution in [3.63, 3.8) is 0 Å². The molecular weight excluding hydrogens is 448 g/mol. The summed E-state index contributed by atoms with van der Waals surface area (Å²) in [4.78, 5) is 38.3. The lowest BCUT2D eigenvalue weighted by Crippen LogP contribution is -2.42. The van der Waals surface area contributed by atoms with Crippen molar-refractivity contribution in [2.75, 3.05) is 20.4 Å². The molecule has 2 aromatic carbocycles. The van der Waals surface area contributed by atoms with Gasteiger partial charge in [-0.1, -0.05) is 18.6 Å². The standard InChI is InChI=1S/C23H24N2O7S/c1-15-7-5-6-12-25(15)33(29,30)20-13-16(10-11-19(20)31-2)23(28)32-14-24-21(26)17-8-3-4-9-18(17)22(24)27/h3-4,8-11,13,15H,5-7,12,14H2,1-2H3. The molecule has 0 N–H and O–H groups in total. The molecule has 1 atom stereocenters. The second-order valence-corrected chi connectivity index (χ2v) is 9.83. The summed E-state index contributed by atoms with van der Waals surface area (Å²) < 4.78 is 38.5. The molecule has 2 aromatic rings. The highest BCUT2D eigenvalue weighted by atomic mass is 32.2. The molecule has 2 aliphatic rings. The van der Waals surface area contributed by atoms with E-state index in [1.807, 2.05) is 6.92 Å². The summed E-state index contributed by atoms with van der Waals surface area (Å²) in [6.07, 6.45) is 2.46. The monoisotopic (exact) mass is 472 g/mol. The molecule has 0 aromatic heterocycles. The third-order valence-electron chi connectivity index (χ3n) is 5.93. The molecule has 0 radical (unpaired) electrons. The van der Waals surface area contributed by atoms with Crippen LogP contribution in [0.15, 0.2) is 47.4 Å². The zero-order valence-electron chi connectivity index (χ0n) is 18.3. The van der Waals surface area contributed by atoms with Crippen molar-refractivity contribution in [1.29, 1.82) is 0 Å². The van der Waals surface area contributed by atoms with Gasteiger partial charge in [-0.25, -0.2) is 18.1 Å². The van der Waals surface area contributed by atoms with E-state index in [1.54, 1.807) is 12.1 Å². The SMILES string of the molecule is COc1ccc(C(=O)OCN2C(=O)c3ccccc3C2=O)cc1S(=O)(=O)N1CCCCC1C. The van der Waals surface area contributed by atoms with Crippen LogP contribution in [0.3, 0.4) is 0 Å². The summed E-state index contributed by atoms with van der Waals surface area (Å²) in [5, 5.41) is 0. The molecule has 9 nitrogen and oxygen atoms in total. The number of carbonyl (C=O) groups is 3. The quantitative estimate of drug-likeness (QED) is 0.469. The lowest BCUT2D eigenvalue weighted by molar-refractivity contribution is 0.0228. The first-order chi connectivity index (χ1) is 15.8. The number of amides is 2. The van der Waals surface area contributed by atoms with E-state index in [1.165, 1.54) is 41.7 Å². The number of nitrogens with zero attached hydrogens (tertiary/aromatic N) is 2. The van der Waals surface area contributed by atoms with Crippen molar-refractivity contribution < 1.29 is 32.3 Å². The lowest BCUT2D eigenvalue weighted by Gasteiger charge is -2.32. The molecule has 4 rings (SSSR count). The van der Waals surface area contributed by atoms with Gasteiger partial charge in [-0.15, -0.1) is 0 Å². The van der Waals surface area contributed by atoms with Crippen LogP contribution in [0.1, 0.15) is 57.3 Å². The minimum atomic E-state index is -3.91. The Morgan fingerprint density at radius 2 is 1.73 bits per heavy atom. The van der Waals surface area contributed by atoms with Crippen LogP contribution in [0.25, 0.3) is 0 Å². The molecule has 0 aliphatic carbocycles. The van der Waals surface area contributed by atoms with E-state index in [0.29, 0.717) is 6.54 Å². The minimum Gasteiger partial charge on any atom is -0.495 e. The maximum atomic E-state index is 13.3. The number of carbonyl (C=O) groups excluding carboxylic acids is 3. The van der Waals surface area contributed by atoms with Crippen LogP contribution in [-0.2, 0) is 14.8 Å². The van der Waals surface area contributed by atoms with Crippen LogP contribution in [0.5, 0.6) is 5.75 Å². The summed E-state index contributed by atoms with van der Waals surface area (Å²) in [6, 6.07) is 10.1. The Hall–Kier alpha value is -3.24. The second kappa shape index (κ2) is 8.95. The Kier molecular flexibility index (Phi) is 6.22. The molecule has 1 unspecified atom stereocenters. The average Bonchev–Trinajstić information content (AvgIpc) is 3.07. The third-order valence-corrected chi connectivity index (χ3v) is 7.97. The van der Waals surface area contributed by atoms with Crippen LogP contribution in [-0.4, -0.2) is 61.8 Å². The summed E-state index contributed by atoms with van der Waals surface area (Å²) in [7, 11) is -2.56. The number of sulfonamides is 1. The number of ether oxygens (including phenoxy) is 2. The van der Waals surface area contributed by atoms with Gasteiger partial charge in [-0.2, -0.15) is 4.31 Å². The Morgan fingerprint density at radius 1 is 1.06 bits per heavy atom. The molecule has 1 saturated heterocycles. The van der Waals surface area contributed by atoms with Crippen LogP contribution >= 0.6 is 0 Å². The molecule has 2 aliphatic heterocycles. The zero-order chi connectivity index (χ0) is 23.8. The van der Waals surface area contributed by atoms with Crippen LogP contribution in [0, 0.1) is 0 Å². The number of hydrogen-bond donors (Lipinski definition) is 0.